The lowest BCUT2D eigenvalue weighted by atomic mass is 10.1. The molecule has 9 heteroatoms. The van der Waals surface area contributed by atoms with Crippen molar-refractivity contribution in [2.75, 3.05) is 4.90 Å². The number of nitrogens with one attached hydrogen (secondary N) is 1. The smallest absolute Gasteiger partial charge is 0.276 e. The SMILES string of the molecule is O=C1NC(=O)N(c2ccc(I)cc2)C(=O)[C@@H]1C=Nc1ccc(Br)c(Cl)c1. The topological polar surface area (TPSA) is 78.8 Å². The fraction of sp³-hybridized carbons (Fsp3) is 0.0588. The van der Waals surface area contributed by atoms with Gasteiger partial charge in [-0.05, 0) is 81.0 Å². The predicted octanol–water partition coefficient (Wildman–Crippen LogP) is 4.31. The molecule has 0 bridgehead atoms. The second-order valence-electron chi connectivity index (χ2n) is 5.30. The van der Waals surface area contributed by atoms with Crippen LogP contribution in [0.4, 0.5) is 16.2 Å². The number of imide groups is 2. The van der Waals surface area contributed by atoms with E-state index in [4.69, 9.17) is 11.6 Å². The summed E-state index contributed by atoms with van der Waals surface area (Å²) in [5.41, 5.74) is 0.863. The molecule has 1 saturated heterocycles. The van der Waals surface area contributed by atoms with Crippen LogP contribution in [0.1, 0.15) is 0 Å². The van der Waals surface area contributed by atoms with Gasteiger partial charge in [0.1, 0.15) is 0 Å². The Morgan fingerprint density at radius 3 is 2.50 bits per heavy atom. The average molecular weight is 547 g/mol. The highest BCUT2D eigenvalue weighted by Gasteiger charge is 2.40. The molecule has 132 valence electrons. The summed E-state index contributed by atoms with van der Waals surface area (Å²) in [5, 5.41) is 2.63. The van der Waals surface area contributed by atoms with Gasteiger partial charge in [0.2, 0.25) is 5.91 Å². The zero-order valence-corrected chi connectivity index (χ0v) is 17.4. The number of hydrogen-bond donors (Lipinski definition) is 1. The summed E-state index contributed by atoms with van der Waals surface area (Å²) in [5.74, 6) is -2.59. The van der Waals surface area contributed by atoms with Crippen molar-refractivity contribution >= 4 is 85.6 Å². The molecule has 1 atom stereocenters. The van der Waals surface area contributed by atoms with Crippen molar-refractivity contribution in [3.63, 3.8) is 0 Å². The van der Waals surface area contributed by atoms with Crippen molar-refractivity contribution in [2.45, 2.75) is 0 Å². The molecule has 0 saturated carbocycles. The minimum Gasteiger partial charge on any atom is -0.276 e. The summed E-state index contributed by atoms with van der Waals surface area (Å²) in [4.78, 5) is 42.0. The molecule has 0 spiro atoms. The number of benzene rings is 2. The van der Waals surface area contributed by atoms with E-state index >= 15 is 0 Å². The number of amides is 4. The molecule has 0 unspecified atom stereocenters. The summed E-state index contributed by atoms with van der Waals surface area (Å²) >= 11 is 11.4. The van der Waals surface area contributed by atoms with Crippen molar-refractivity contribution < 1.29 is 14.4 Å². The highest BCUT2D eigenvalue weighted by molar-refractivity contribution is 14.1. The van der Waals surface area contributed by atoms with Gasteiger partial charge in [0, 0.05) is 14.3 Å². The summed E-state index contributed by atoms with van der Waals surface area (Å²) in [6.07, 6.45) is 1.21. The van der Waals surface area contributed by atoms with Gasteiger partial charge in [0.05, 0.1) is 16.4 Å². The van der Waals surface area contributed by atoms with E-state index in [2.05, 4.69) is 48.8 Å². The number of carbonyl (C=O) groups excluding carboxylic acids is 3. The van der Waals surface area contributed by atoms with E-state index in [-0.39, 0.29) is 0 Å². The van der Waals surface area contributed by atoms with Crippen LogP contribution in [0.25, 0.3) is 0 Å². The monoisotopic (exact) mass is 545 g/mol. The first kappa shape index (κ1) is 19.0. The van der Waals surface area contributed by atoms with Gasteiger partial charge in [-0.3, -0.25) is 19.9 Å². The average Bonchev–Trinajstić information content (AvgIpc) is 2.59. The van der Waals surface area contributed by atoms with E-state index in [9.17, 15) is 14.4 Å². The first-order valence-electron chi connectivity index (χ1n) is 7.30. The van der Waals surface area contributed by atoms with Gasteiger partial charge in [-0.15, -0.1) is 0 Å². The van der Waals surface area contributed by atoms with Gasteiger partial charge in [0.25, 0.3) is 5.91 Å². The van der Waals surface area contributed by atoms with Gasteiger partial charge >= 0.3 is 6.03 Å². The largest absolute Gasteiger partial charge is 0.335 e. The Morgan fingerprint density at radius 2 is 1.85 bits per heavy atom. The Hall–Kier alpha value is -1.78. The van der Waals surface area contributed by atoms with E-state index < -0.39 is 23.8 Å². The maximum absolute atomic E-state index is 12.7. The summed E-state index contributed by atoms with van der Waals surface area (Å²) < 4.78 is 1.66. The molecule has 3 rings (SSSR count). The third-order valence-electron chi connectivity index (χ3n) is 3.56. The fourth-order valence-corrected chi connectivity index (χ4v) is 3.06. The second-order valence-corrected chi connectivity index (χ2v) is 7.81. The Balaban J connectivity index is 1.88. The molecule has 4 amide bonds. The second kappa shape index (κ2) is 7.85. The van der Waals surface area contributed by atoms with Crippen LogP contribution in [-0.2, 0) is 9.59 Å². The van der Waals surface area contributed by atoms with Crippen LogP contribution in [0.5, 0.6) is 0 Å². The van der Waals surface area contributed by atoms with Crippen LogP contribution < -0.4 is 10.2 Å². The van der Waals surface area contributed by atoms with E-state index in [0.717, 1.165) is 8.47 Å². The third kappa shape index (κ3) is 3.97. The zero-order valence-electron chi connectivity index (χ0n) is 12.9. The molecule has 1 aliphatic heterocycles. The summed E-state index contributed by atoms with van der Waals surface area (Å²) in [6, 6.07) is 11.0. The number of carbonyl (C=O) groups is 3. The standard InChI is InChI=1S/C17H10BrClIN3O3/c18-13-6-3-10(7-14(13)19)21-8-12-15(24)22-17(26)23(16(12)25)11-4-1-9(20)2-5-11/h1-8,12H,(H,22,24,26)/t12-/m1/s1. The van der Waals surface area contributed by atoms with E-state index in [0.29, 0.717) is 20.9 Å². The zero-order chi connectivity index (χ0) is 18.8. The first-order chi connectivity index (χ1) is 12.4. The quantitative estimate of drug-likeness (QED) is 0.354. The minimum atomic E-state index is -1.21. The Morgan fingerprint density at radius 1 is 1.15 bits per heavy atom. The molecule has 6 nitrogen and oxygen atoms in total. The Kier molecular flexibility index (Phi) is 5.73. The molecular weight excluding hydrogens is 536 g/mol. The number of hydrogen-bond acceptors (Lipinski definition) is 4. The Bertz CT molecular complexity index is 933. The predicted molar refractivity (Wildman–Crippen MR) is 111 cm³/mol. The van der Waals surface area contributed by atoms with Crippen LogP contribution in [0.3, 0.4) is 0 Å². The van der Waals surface area contributed by atoms with Crippen molar-refractivity contribution in [1.29, 1.82) is 0 Å². The Labute approximate surface area is 175 Å². The molecule has 0 aromatic heterocycles. The molecule has 2 aromatic rings. The van der Waals surface area contributed by atoms with Crippen molar-refractivity contribution in [3.8, 4) is 0 Å². The lowest BCUT2D eigenvalue weighted by Crippen LogP contribution is -2.58. The molecule has 1 heterocycles. The van der Waals surface area contributed by atoms with Gasteiger partial charge in [-0.2, -0.15) is 0 Å². The molecule has 1 fully saturated rings. The van der Waals surface area contributed by atoms with Gasteiger partial charge in [-0.25, -0.2) is 9.69 Å². The van der Waals surface area contributed by atoms with Crippen LogP contribution >= 0.6 is 50.1 Å². The molecular formula is C17H10BrClIN3O3. The highest BCUT2D eigenvalue weighted by Crippen LogP contribution is 2.27. The molecule has 26 heavy (non-hydrogen) atoms. The highest BCUT2D eigenvalue weighted by atomic mass is 127. The normalized spacial score (nSPS) is 17.7. The van der Waals surface area contributed by atoms with Crippen molar-refractivity contribution in [2.24, 2.45) is 10.9 Å². The van der Waals surface area contributed by atoms with Crippen LogP contribution in [0.2, 0.25) is 5.02 Å². The number of anilines is 1. The maximum Gasteiger partial charge on any atom is 0.335 e. The number of barbiturate groups is 1. The number of urea groups is 1. The molecule has 1 N–H and O–H groups in total. The minimum absolute atomic E-state index is 0.380. The number of nitrogens with zero attached hydrogens (tertiary/aromatic N) is 2. The molecule has 1 aliphatic rings. The summed E-state index contributed by atoms with van der Waals surface area (Å²) in [7, 11) is 0. The maximum atomic E-state index is 12.7. The number of rotatable bonds is 3. The third-order valence-corrected chi connectivity index (χ3v) is 5.51. The van der Waals surface area contributed by atoms with E-state index in [1.807, 2.05) is 0 Å². The lowest BCUT2D eigenvalue weighted by Gasteiger charge is -2.28. The van der Waals surface area contributed by atoms with Gasteiger partial charge in [0.15, 0.2) is 5.92 Å². The molecule has 0 aliphatic carbocycles. The van der Waals surface area contributed by atoms with Crippen LogP contribution in [-0.4, -0.2) is 24.1 Å². The van der Waals surface area contributed by atoms with E-state index in [1.54, 1.807) is 42.5 Å². The van der Waals surface area contributed by atoms with Gasteiger partial charge < -0.3 is 0 Å². The van der Waals surface area contributed by atoms with Gasteiger partial charge in [-0.1, -0.05) is 11.6 Å². The number of halogens is 3. The van der Waals surface area contributed by atoms with Crippen LogP contribution in [0.15, 0.2) is 51.9 Å². The first-order valence-corrected chi connectivity index (χ1v) is 9.55. The summed E-state index contributed by atoms with van der Waals surface area (Å²) in [6.45, 7) is 0. The van der Waals surface area contributed by atoms with Crippen LogP contribution in [0, 0.1) is 9.49 Å². The van der Waals surface area contributed by atoms with Crippen molar-refractivity contribution in [1.82, 2.24) is 5.32 Å². The molecule has 0 radical (unpaired) electrons. The lowest BCUT2D eigenvalue weighted by molar-refractivity contribution is -0.131. The van der Waals surface area contributed by atoms with E-state index in [1.165, 1.54) is 6.21 Å². The number of aliphatic imine (C=N–C) groups is 1. The fourth-order valence-electron chi connectivity index (χ4n) is 2.28. The van der Waals surface area contributed by atoms with Crippen molar-refractivity contribution in [3.05, 3.63) is 55.5 Å². The molecule has 2 aromatic carbocycles.